The molecule has 1 aliphatic rings. The average molecular weight is 686 g/mol. The van der Waals surface area contributed by atoms with E-state index in [2.05, 4.69) is 27.6 Å². The minimum atomic E-state index is -4.93. The van der Waals surface area contributed by atoms with E-state index in [0.29, 0.717) is 37.1 Å². The third-order valence-electron chi connectivity index (χ3n) is 8.63. The van der Waals surface area contributed by atoms with Gasteiger partial charge in [-0.1, -0.05) is 51.2 Å². The van der Waals surface area contributed by atoms with Crippen molar-refractivity contribution in [3.8, 4) is 0 Å². The van der Waals surface area contributed by atoms with E-state index in [4.69, 9.17) is 4.74 Å². The Balaban J connectivity index is 1.28. The summed E-state index contributed by atoms with van der Waals surface area (Å²) in [4.78, 5) is 43.3. The lowest BCUT2D eigenvalue weighted by atomic mass is 9.98. The zero-order valence-electron chi connectivity index (χ0n) is 27.1. The maximum absolute atomic E-state index is 14.6. The molecule has 0 spiro atoms. The van der Waals surface area contributed by atoms with E-state index in [0.717, 1.165) is 65.2 Å². The molecule has 1 atom stereocenters. The van der Waals surface area contributed by atoms with E-state index < -0.39 is 59.4 Å². The fraction of sp³-hybridized carbons (Fsp3) is 0.400. The smallest absolute Gasteiger partial charge is 0.419 e. The standard InChI is InChI=1S/C35H36F5N5O4/c1-3-4-5-6-7-8-15-49-34(48)23-10-11-24-22(20(23)2)12-14-28(24)44-33(47)30-17-29(43-31-27(37)19-42-45(30)31)32(46)41-18-21-9-13-26(36)25(16-21)35(38,39)40/h9-11,13,16-17,19,28H,3-8,12,14-15,18H2,1-2H3,(H,41,46)(H,44,47)/t28-/m0/s1. The number of unbranched alkanes of at least 4 members (excludes halogenated alkanes) is 5. The van der Waals surface area contributed by atoms with Crippen LogP contribution in [0.5, 0.6) is 0 Å². The molecule has 1 aliphatic carbocycles. The van der Waals surface area contributed by atoms with Gasteiger partial charge in [-0.2, -0.15) is 18.3 Å². The van der Waals surface area contributed by atoms with Crippen LogP contribution in [0.15, 0.2) is 42.6 Å². The van der Waals surface area contributed by atoms with E-state index in [9.17, 15) is 36.3 Å². The Morgan fingerprint density at radius 3 is 2.49 bits per heavy atom. The predicted octanol–water partition coefficient (Wildman–Crippen LogP) is 7.20. The highest BCUT2D eigenvalue weighted by Crippen LogP contribution is 2.35. The molecule has 9 nitrogen and oxygen atoms in total. The quantitative estimate of drug-likeness (QED) is 0.0875. The fourth-order valence-electron chi connectivity index (χ4n) is 6.00. The summed E-state index contributed by atoms with van der Waals surface area (Å²) in [7, 11) is 0. The van der Waals surface area contributed by atoms with Crippen LogP contribution < -0.4 is 10.6 Å². The monoisotopic (exact) mass is 685 g/mol. The molecule has 5 rings (SSSR count). The second kappa shape index (κ2) is 15.1. The van der Waals surface area contributed by atoms with Gasteiger partial charge >= 0.3 is 12.1 Å². The number of benzene rings is 2. The normalized spacial score (nSPS) is 14.1. The van der Waals surface area contributed by atoms with E-state index in [1.54, 1.807) is 12.1 Å². The molecule has 2 aromatic heterocycles. The molecule has 0 fully saturated rings. The minimum Gasteiger partial charge on any atom is -0.462 e. The van der Waals surface area contributed by atoms with Crippen molar-refractivity contribution in [1.82, 2.24) is 25.2 Å². The summed E-state index contributed by atoms with van der Waals surface area (Å²) in [6.45, 7) is 3.91. The van der Waals surface area contributed by atoms with Gasteiger partial charge in [0.1, 0.15) is 17.2 Å². The number of esters is 1. The number of rotatable bonds is 13. The van der Waals surface area contributed by atoms with Gasteiger partial charge in [-0.3, -0.25) is 9.59 Å². The van der Waals surface area contributed by atoms with Crippen molar-refractivity contribution >= 4 is 23.4 Å². The van der Waals surface area contributed by atoms with E-state index >= 15 is 0 Å². The van der Waals surface area contributed by atoms with E-state index in [1.807, 2.05) is 6.92 Å². The summed E-state index contributed by atoms with van der Waals surface area (Å²) >= 11 is 0. The molecule has 0 bridgehead atoms. The Kier molecular flexibility index (Phi) is 10.9. The van der Waals surface area contributed by atoms with Gasteiger partial charge in [0.2, 0.25) is 0 Å². The van der Waals surface area contributed by atoms with E-state index in [1.165, 1.54) is 12.8 Å². The molecule has 0 radical (unpaired) electrons. The molecule has 14 heteroatoms. The van der Waals surface area contributed by atoms with Crippen LogP contribution in [-0.2, 0) is 23.9 Å². The van der Waals surface area contributed by atoms with Crippen molar-refractivity contribution in [2.75, 3.05) is 6.61 Å². The maximum Gasteiger partial charge on any atom is 0.419 e. The van der Waals surface area contributed by atoms with Gasteiger partial charge < -0.3 is 15.4 Å². The molecule has 0 saturated heterocycles. The first-order chi connectivity index (χ1) is 23.4. The second-order valence-electron chi connectivity index (χ2n) is 12.0. The van der Waals surface area contributed by atoms with Crippen LogP contribution in [0.4, 0.5) is 22.0 Å². The Morgan fingerprint density at radius 2 is 1.73 bits per heavy atom. The number of nitrogens with one attached hydrogen (secondary N) is 2. The molecule has 2 heterocycles. The fourth-order valence-corrected chi connectivity index (χ4v) is 6.00. The number of aromatic nitrogens is 3. The molecular weight excluding hydrogens is 649 g/mol. The molecule has 2 amide bonds. The Labute approximate surface area is 279 Å². The zero-order chi connectivity index (χ0) is 35.3. The van der Waals surface area contributed by atoms with Crippen LogP contribution in [0.1, 0.15) is 117 Å². The van der Waals surface area contributed by atoms with Gasteiger partial charge in [-0.15, -0.1) is 0 Å². The molecule has 2 N–H and O–H groups in total. The number of ether oxygens (including phenoxy) is 1. The highest BCUT2D eigenvalue weighted by atomic mass is 19.4. The van der Waals surface area contributed by atoms with Crippen molar-refractivity contribution in [2.45, 2.75) is 84.0 Å². The van der Waals surface area contributed by atoms with Gasteiger partial charge in [0, 0.05) is 12.6 Å². The van der Waals surface area contributed by atoms with Crippen molar-refractivity contribution in [1.29, 1.82) is 0 Å². The number of carbonyl (C=O) groups excluding carboxylic acids is 3. The number of nitrogens with zero attached hydrogens (tertiary/aromatic N) is 3. The lowest BCUT2D eigenvalue weighted by Gasteiger charge is -2.17. The second-order valence-corrected chi connectivity index (χ2v) is 12.0. The van der Waals surface area contributed by atoms with Crippen molar-refractivity contribution in [3.05, 3.63) is 99.0 Å². The summed E-state index contributed by atoms with van der Waals surface area (Å²) in [5.74, 6) is -4.35. The molecule has 260 valence electrons. The first-order valence-corrected chi connectivity index (χ1v) is 16.2. The summed E-state index contributed by atoms with van der Waals surface area (Å²) in [5, 5.41) is 9.16. The van der Waals surface area contributed by atoms with Gasteiger partial charge in [0.05, 0.1) is 30.0 Å². The predicted molar refractivity (Wildman–Crippen MR) is 169 cm³/mol. The van der Waals surface area contributed by atoms with Crippen LogP contribution in [-0.4, -0.2) is 39.0 Å². The summed E-state index contributed by atoms with van der Waals surface area (Å²) in [6, 6.07) is 6.39. The van der Waals surface area contributed by atoms with Crippen molar-refractivity contribution < 1.29 is 41.1 Å². The molecule has 49 heavy (non-hydrogen) atoms. The highest BCUT2D eigenvalue weighted by Gasteiger charge is 2.34. The third-order valence-corrected chi connectivity index (χ3v) is 8.63. The van der Waals surface area contributed by atoms with Crippen LogP contribution in [0.3, 0.4) is 0 Å². The van der Waals surface area contributed by atoms with Crippen molar-refractivity contribution in [3.63, 3.8) is 0 Å². The number of fused-ring (bicyclic) bond motifs is 2. The zero-order valence-corrected chi connectivity index (χ0v) is 27.1. The van der Waals surface area contributed by atoms with Crippen LogP contribution in [0.2, 0.25) is 0 Å². The van der Waals surface area contributed by atoms with Gasteiger partial charge in [-0.25, -0.2) is 23.1 Å². The highest BCUT2D eigenvalue weighted by molar-refractivity contribution is 5.98. The number of hydrogen-bond acceptors (Lipinski definition) is 6. The van der Waals surface area contributed by atoms with Crippen LogP contribution in [0.25, 0.3) is 5.65 Å². The molecule has 0 unspecified atom stereocenters. The molecule has 2 aromatic carbocycles. The number of carbonyl (C=O) groups is 3. The molecule has 4 aromatic rings. The van der Waals surface area contributed by atoms with E-state index in [-0.39, 0.29) is 17.0 Å². The summed E-state index contributed by atoms with van der Waals surface area (Å²) < 4.78 is 74.1. The first kappa shape index (κ1) is 35.4. The Morgan fingerprint density at radius 1 is 0.980 bits per heavy atom. The summed E-state index contributed by atoms with van der Waals surface area (Å²) in [6.07, 6.45) is 3.45. The number of amides is 2. The molecule has 0 aliphatic heterocycles. The Bertz CT molecular complexity index is 1870. The molecular formula is C35H36F5N5O4. The molecule has 0 saturated carbocycles. The average Bonchev–Trinajstić information content (AvgIpc) is 3.66. The lowest BCUT2D eigenvalue weighted by Crippen LogP contribution is -2.31. The van der Waals surface area contributed by atoms with Crippen molar-refractivity contribution in [2.24, 2.45) is 0 Å². The lowest BCUT2D eigenvalue weighted by molar-refractivity contribution is -0.140. The number of alkyl halides is 3. The first-order valence-electron chi connectivity index (χ1n) is 16.2. The third kappa shape index (κ3) is 8.06. The Hall–Kier alpha value is -4.88. The SMILES string of the molecule is CCCCCCCCOC(=O)c1ccc2c(c1C)CC[C@@H]2NC(=O)c1cc(C(=O)NCc2ccc(F)c(C(F)(F)F)c2)nc2c(F)cnn12. The number of hydrogen-bond donors (Lipinski definition) is 2. The maximum atomic E-state index is 14.6. The largest absolute Gasteiger partial charge is 0.462 e. The van der Waals surface area contributed by atoms with Crippen LogP contribution >= 0.6 is 0 Å². The van der Waals surface area contributed by atoms with Gasteiger partial charge in [0.25, 0.3) is 11.8 Å². The van der Waals surface area contributed by atoms with Gasteiger partial charge in [0.15, 0.2) is 11.5 Å². The topological polar surface area (TPSA) is 115 Å². The summed E-state index contributed by atoms with van der Waals surface area (Å²) in [5.41, 5.74) is 0.427. The number of halogens is 5. The van der Waals surface area contributed by atoms with Gasteiger partial charge in [-0.05, 0) is 66.6 Å². The minimum absolute atomic E-state index is 0.0407. The van der Waals surface area contributed by atoms with Crippen LogP contribution in [0, 0.1) is 18.6 Å².